The average Bonchev–Trinajstić information content (AvgIpc) is 2.67. The lowest BCUT2D eigenvalue weighted by atomic mass is 9.99. The van der Waals surface area contributed by atoms with E-state index in [-0.39, 0.29) is 0 Å². The van der Waals surface area contributed by atoms with Crippen LogP contribution in [-0.2, 0) is 24.3 Å². The molecule has 3 rings (SSSR count). The van der Waals surface area contributed by atoms with Crippen LogP contribution >= 0.6 is 0 Å². The van der Waals surface area contributed by atoms with E-state index in [2.05, 4.69) is 14.9 Å². The van der Waals surface area contributed by atoms with Crippen molar-refractivity contribution in [3.8, 4) is 0 Å². The SMILES string of the molecule is O=C(O)C1CCCn2c1nc1c2CCNC1. The van der Waals surface area contributed by atoms with Crippen LogP contribution in [0.2, 0.25) is 0 Å². The van der Waals surface area contributed by atoms with Crippen LogP contribution in [0.15, 0.2) is 0 Å². The normalized spacial score (nSPS) is 23.6. The molecule has 0 aliphatic carbocycles. The zero-order valence-electron chi connectivity index (χ0n) is 9.07. The van der Waals surface area contributed by atoms with Gasteiger partial charge in [0.05, 0.1) is 5.69 Å². The number of carboxylic acid groups (broad SMARTS) is 1. The van der Waals surface area contributed by atoms with Crippen molar-refractivity contribution in [2.75, 3.05) is 6.54 Å². The van der Waals surface area contributed by atoms with Crippen LogP contribution < -0.4 is 5.32 Å². The summed E-state index contributed by atoms with van der Waals surface area (Å²) in [6.07, 6.45) is 2.63. The maximum absolute atomic E-state index is 11.2. The molecule has 1 atom stereocenters. The van der Waals surface area contributed by atoms with Crippen LogP contribution in [-0.4, -0.2) is 27.2 Å². The van der Waals surface area contributed by atoms with Crippen LogP contribution in [0.5, 0.6) is 0 Å². The standard InChI is InChI=1S/C11H15N3O2/c15-11(16)7-2-1-5-14-9-3-4-12-6-8(9)13-10(7)14/h7,12H,1-6H2,(H,15,16). The third-order valence-electron chi connectivity index (χ3n) is 3.50. The third kappa shape index (κ3) is 1.35. The molecule has 1 aromatic rings. The number of hydrogen-bond donors (Lipinski definition) is 2. The number of fused-ring (bicyclic) bond motifs is 3. The quantitative estimate of drug-likeness (QED) is 0.724. The second kappa shape index (κ2) is 3.59. The maximum atomic E-state index is 11.2. The summed E-state index contributed by atoms with van der Waals surface area (Å²) in [6, 6.07) is 0. The summed E-state index contributed by atoms with van der Waals surface area (Å²) in [5.41, 5.74) is 2.30. The monoisotopic (exact) mass is 221 g/mol. The van der Waals surface area contributed by atoms with Crippen LogP contribution in [0, 0.1) is 0 Å². The highest BCUT2D eigenvalue weighted by molar-refractivity contribution is 5.75. The van der Waals surface area contributed by atoms with Gasteiger partial charge < -0.3 is 15.0 Å². The number of hydrogen-bond acceptors (Lipinski definition) is 3. The Kier molecular flexibility index (Phi) is 2.21. The number of aliphatic carboxylic acids is 1. The summed E-state index contributed by atoms with van der Waals surface area (Å²) in [5, 5.41) is 12.4. The number of carbonyl (C=O) groups is 1. The summed E-state index contributed by atoms with van der Waals surface area (Å²) < 4.78 is 2.14. The Hall–Kier alpha value is -1.36. The first-order valence-corrected chi connectivity index (χ1v) is 5.79. The van der Waals surface area contributed by atoms with Gasteiger partial charge in [-0.25, -0.2) is 4.98 Å². The fraction of sp³-hybridized carbons (Fsp3) is 0.636. The number of nitrogens with zero attached hydrogens (tertiary/aromatic N) is 2. The van der Waals surface area contributed by atoms with Crippen LogP contribution in [0.3, 0.4) is 0 Å². The molecular formula is C11H15N3O2. The van der Waals surface area contributed by atoms with Crippen molar-refractivity contribution in [3.05, 3.63) is 17.2 Å². The van der Waals surface area contributed by atoms with Crippen molar-refractivity contribution in [3.63, 3.8) is 0 Å². The van der Waals surface area contributed by atoms with Crippen molar-refractivity contribution < 1.29 is 9.90 Å². The van der Waals surface area contributed by atoms with E-state index >= 15 is 0 Å². The Morgan fingerprint density at radius 1 is 1.56 bits per heavy atom. The van der Waals surface area contributed by atoms with Gasteiger partial charge in [0.25, 0.3) is 0 Å². The largest absolute Gasteiger partial charge is 0.481 e. The molecule has 3 heterocycles. The molecule has 0 saturated carbocycles. The third-order valence-corrected chi connectivity index (χ3v) is 3.50. The molecule has 0 amide bonds. The average molecular weight is 221 g/mol. The fourth-order valence-electron chi connectivity index (χ4n) is 2.72. The van der Waals surface area contributed by atoms with Gasteiger partial charge in [-0.1, -0.05) is 0 Å². The minimum atomic E-state index is -0.740. The van der Waals surface area contributed by atoms with Gasteiger partial charge in [-0.15, -0.1) is 0 Å². The predicted octanol–water partition coefficient (Wildman–Crippen LogP) is 0.491. The van der Waals surface area contributed by atoms with E-state index in [1.807, 2.05) is 0 Å². The van der Waals surface area contributed by atoms with E-state index in [1.165, 1.54) is 5.69 Å². The van der Waals surface area contributed by atoms with Gasteiger partial charge in [-0.3, -0.25) is 4.79 Å². The molecule has 86 valence electrons. The molecule has 0 bridgehead atoms. The van der Waals surface area contributed by atoms with Crippen molar-refractivity contribution in [1.29, 1.82) is 0 Å². The molecule has 0 radical (unpaired) electrons. The van der Waals surface area contributed by atoms with Crippen LogP contribution in [0.1, 0.15) is 36.0 Å². The van der Waals surface area contributed by atoms with E-state index in [1.54, 1.807) is 0 Å². The second-order valence-corrected chi connectivity index (χ2v) is 4.47. The molecule has 0 saturated heterocycles. The molecule has 0 spiro atoms. The summed E-state index contributed by atoms with van der Waals surface area (Å²) in [7, 11) is 0. The van der Waals surface area contributed by atoms with E-state index in [4.69, 9.17) is 0 Å². The minimum Gasteiger partial charge on any atom is -0.481 e. The molecule has 2 aliphatic heterocycles. The number of aromatic nitrogens is 2. The minimum absolute atomic E-state index is 0.403. The highest BCUT2D eigenvalue weighted by atomic mass is 16.4. The topological polar surface area (TPSA) is 67.1 Å². The van der Waals surface area contributed by atoms with E-state index in [0.29, 0.717) is 0 Å². The molecule has 2 aliphatic rings. The first-order chi connectivity index (χ1) is 7.77. The first kappa shape index (κ1) is 9.84. The Morgan fingerprint density at radius 2 is 2.44 bits per heavy atom. The molecule has 0 fully saturated rings. The lowest BCUT2D eigenvalue weighted by Crippen LogP contribution is -2.26. The number of nitrogens with one attached hydrogen (secondary N) is 1. The molecule has 16 heavy (non-hydrogen) atoms. The molecule has 1 unspecified atom stereocenters. The highest BCUT2D eigenvalue weighted by Crippen LogP contribution is 2.30. The van der Waals surface area contributed by atoms with Gasteiger partial charge >= 0.3 is 5.97 Å². The maximum Gasteiger partial charge on any atom is 0.314 e. The van der Waals surface area contributed by atoms with Gasteiger partial charge in [-0.2, -0.15) is 0 Å². The Labute approximate surface area is 93.5 Å². The molecule has 0 aromatic carbocycles. The van der Waals surface area contributed by atoms with Gasteiger partial charge in [0.2, 0.25) is 0 Å². The summed E-state index contributed by atoms with van der Waals surface area (Å²) >= 11 is 0. The molecule has 5 heteroatoms. The smallest absolute Gasteiger partial charge is 0.314 e. The molecule has 1 aromatic heterocycles. The van der Waals surface area contributed by atoms with Crippen LogP contribution in [0.4, 0.5) is 0 Å². The van der Waals surface area contributed by atoms with Crippen molar-refractivity contribution in [2.45, 2.75) is 38.3 Å². The summed E-state index contributed by atoms with van der Waals surface area (Å²) in [6.45, 7) is 2.68. The molecule has 2 N–H and O–H groups in total. The zero-order valence-corrected chi connectivity index (χ0v) is 9.07. The van der Waals surface area contributed by atoms with Crippen molar-refractivity contribution in [1.82, 2.24) is 14.9 Å². The van der Waals surface area contributed by atoms with E-state index in [0.717, 1.165) is 50.4 Å². The zero-order chi connectivity index (χ0) is 11.1. The van der Waals surface area contributed by atoms with Gasteiger partial charge in [0.1, 0.15) is 11.7 Å². The second-order valence-electron chi connectivity index (χ2n) is 4.47. The van der Waals surface area contributed by atoms with Crippen LogP contribution in [0.25, 0.3) is 0 Å². The van der Waals surface area contributed by atoms with E-state index < -0.39 is 11.9 Å². The Bertz CT molecular complexity index is 439. The summed E-state index contributed by atoms with van der Waals surface area (Å²) in [5.74, 6) is -0.372. The van der Waals surface area contributed by atoms with Crippen molar-refractivity contribution >= 4 is 5.97 Å². The van der Waals surface area contributed by atoms with E-state index in [9.17, 15) is 9.90 Å². The number of carboxylic acids is 1. The van der Waals surface area contributed by atoms with Gasteiger partial charge in [0, 0.05) is 31.7 Å². The highest BCUT2D eigenvalue weighted by Gasteiger charge is 2.31. The lowest BCUT2D eigenvalue weighted by Gasteiger charge is -2.22. The Morgan fingerprint density at radius 3 is 3.25 bits per heavy atom. The van der Waals surface area contributed by atoms with Gasteiger partial charge in [-0.05, 0) is 12.8 Å². The lowest BCUT2D eigenvalue weighted by molar-refractivity contribution is -0.139. The number of imidazole rings is 1. The Balaban J connectivity index is 2.08. The number of rotatable bonds is 1. The first-order valence-electron chi connectivity index (χ1n) is 5.79. The summed E-state index contributed by atoms with van der Waals surface area (Å²) in [4.78, 5) is 15.7. The molecular weight excluding hydrogens is 206 g/mol. The molecule has 5 nitrogen and oxygen atoms in total. The van der Waals surface area contributed by atoms with Crippen molar-refractivity contribution in [2.24, 2.45) is 0 Å². The van der Waals surface area contributed by atoms with Gasteiger partial charge in [0.15, 0.2) is 0 Å². The fourth-order valence-corrected chi connectivity index (χ4v) is 2.72. The predicted molar refractivity (Wildman–Crippen MR) is 57.2 cm³/mol.